The van der Waals surface area contributed by atoms with Gasteiger partial charge in [0.15, 0.2) is 5.78 Å². The van der Waals surface area contributed by atoms with Crippen molar-refractivity contribution < 1.29 is 4.79 Å². The van der Waals surface area contributed by atoms with Crippen LogP contribution in [0.4, 0.5) is 0 Å². The Morgan fingerprint density at radius 3 is 2.44 bits per heavy atom. The summed E-state index contributed by atoms with van der Waals surface area (Å²) in [6.07, 6.45) is 3.90. The maximum absolute atomic E-state index is 11.8. The molecule has 2 heteroatoms. The first-order valence-electron chi connectivity index (χ1n) is 6.32. The van der Waals surface area contributed by atoms with Crippen molar-refractivity contribution in [3.63, 3.8) is 0 Å². The number of nitrogens with zero attached hydrogens (tertiary/aromatic N) is 1. The number of carbonyl (C=O) groups is 1. The molecule has 2 nitrogen and oxygen atoms in total. The molecule has 0 aliphatic heterocycles. The van der Waals surface area contributed by atoms with Gasteiger partial charge in [0, 0.05) is 30.4 Å². The highest BCUT2D eigenvalue weighted by molar-refractivity contribution is 5.97. The number of ketones is 1. The van der Waals surface area contributed by atoms with Gasteiger partial charge in [-0.2, -0.15) is 0 Å². The lowest BCUT2D eigenvalue weighted by Crippen LogP contribution is -2.06. The van der Waals surface area contributed by atoms with Crippen molar-refractivity contribution in [2.45, 2.75) is 27.3 Å². The van der Waals surface area contributed by atoms with Crippen molar-refractivity contribution in [3.8, 4) is 0 Å². The molecule has 0 saturated heterocycles. The minimum atomic E-state index is 0.0558. The van der Waals surface area contributed by atoms with Crippen LogP contribution in [0.2, 0.25) is 0 Å². The van der Waals surface area contributed by atoms with Crippen LogP contribution in [0.3, 0.4) is 0 Å². The Kier molecular flexibility index (Phi) is 3.66. The quantitative estimate of drug-likeness (QED) is 0.748. The Morgan fingerprint density at radius 1 is 1.17 bits per heavy atom. The zero-order valence-corrected chi connectivity index (χ0v) is 11.2. The number of benzene rings is 1. The van der Waals surface area contributed by atoms with E-state index in [0.29, 0.717) is 0 Å². The Labute approximate surface area is 108 Å². The summed E-state index contributed by atoms with van der Waals surface area (Å²) in [5.74, 6) is 0.262. The smallest absolute Gasteiger partial charge is 0.166 e. The van der Waals surface area contributed by atoms with E-state index in [1.54, 1.807) is 0 Å². The molecule has 0 spiro atoms. The van der Waals surface area contributed by atoms with E-state index in [9.17, 15) is 4.79 Å². The van der Waals surface area contributed by atoms with Crippen LogP contribution in [-0.4, -0.2) is 10.4 Å². The van der Waals surface area contributed by atoms with Gasteiger partial charge >= 0.3 is 0 Å². The fourth-order valence-corrected chi connectivity index (χ4v) is 1.92. The van der Waals surface area contributed by atoms with Crippen LogP contribution in [-0.2, 0) is 6.54 Å². The zero-order valence-electron chi connectivity index (χ0n) is 11.2. The second-order valence-electron chi connectivity index (χ2n) is 5.08. The largest absolute Gasteiger partial charge is 0.349 e. The summed E-state index contributed by atoms with van der Waals surface area (Å²) in [4.78, 5) is 11.8. The molecule has 0 saturated carbocycles. The molecule has 2 aromatic rings. The second kappa shape index (κ2) is 5.21. The Morgan fingerprint density at radius 2 is 1.83 bits per heavy atom. The number of carbonyl (C=O) groups excluding carboxylic acids is 1. The molecule has 0 radical (unpaired) electrons. The highest BCUT2D eigenvalue weighted by Gasteiger charge is 2.11. The molecule has 0 aliphatic rings. The van der Waals surface area contributed by atoms with Gasteiger partial charge in [-0.25, -0.2) is 0 Å². The third kappa shape index (κ3) is 2.89. The molecule has 0 amide bonds. The lowest BCUT2D eigenvalue weighted by atomic mass is 10.0. The number of hydrogen-bond acceptors (Lipinski definition) is 1. The third-order valence-electron chi connectivity index (χ3n) is 3.05. The highest BCUT2D eigenvalue weighted by atomic mass is 16.1. The maximum atomic E-state index is 11.8. The van der Waals surface area contributed by atoms with Gasteiger partial charge in [-0.3, -0.25) is 4.79 Å². The van der Waals surface area contributed by atoms with Gasteiger partial charge in [0.25, 0.3) is 0 Å². The van der Waals surface area contributed by atoms with Crippen molar-refractivity contribution in [1.29, 1.82) is 0 Å². The lowest BCUT2D eigenvalue weighted by Gasteiger charge is -2.04. The van der Waals surface area contributed by atoms with Crippen molar-refractivity contribution in [2.24, 2.45) is 5.92 Å². The van der Waals surface area contributed by atoms with Gasteiger partial charge in [-0.1, -0.05) is 43.7 Å². The molecule has 1 aromatic heterocycles. The zero-order chi connectivity index (χ0) is 13.1. The van der Waals surface area contributed by atoms with Crippen molar-refractivity contribution >= 4 is 5.78 Å². The summed E-state index contributed by atoms with van der Waals surface area (Å²) in [7, 11) is 0. The predicted octanol–water partition coefficient (Wildman–Crippen LogP) is 3.68. The number of aromatic nitrogens is 1. The average Bonchev–Trinajstić information content (AvgIpc) is 2.79. The van der Waals surface area contributed by atoms with E-state index < -0.39 is 0 Å². The first-order chi connectivity index (χ1) is 8.56. The number of hydrogen-bond donors (Lipinski definition) is 0. The molecule has 94 valence electrons. The molecular weight excluding hydrogens is 222 g/mol. The number of Topliss-reactive ketones (excluding diaryl/α,β-unsaturated/α-hetero) is 1. The van der Waals surface area contributed by atoms with Gasteiger partial charge in [-0.05, 0) is 18.6 Å². The third-order valence-corrected chi connectivity index (χ3v) is 3.05. The summed E-state index contributed by atoms with van der Waals surface area (Å²) in [6.45, 7) is 6.75. The van der Waals surface area contributed by atoms with Crippen molar-refractivity contribution in [2.75, 3.05) is 0 Å². The van der Waals surface area contributed by atoms with Gasteiger partial charge in [0.05, 0.1) is 0 Å². The minimum Gasteiger partial charge on any atom is -0.349 e. The molecule has 1 heterocycles. The van der Waals surface area contributed by atoms with Gasteiger partial charge in [0.1, 0.15) is 0 Å². The van der Waals surface area contributed by atoms with E-state index >= 15 is 0 Å². The Bertz CT molecular complexity index is 534. The maximum Gasteiger partial charge on any atom is 0.166 e. The van der Waals surface area contributed by atoms with E-state index in [2.05, 4.69) is 35.8 Å². The van der Waals surface area contributed by atoms with Crippen LogP contribution in [0.25, 0.3) is 0 Å². The van der Waals surface area contributed by atoms with E-state index in [1.165, 1.54) is 11.1 Å². The first kappa shape index (κ1) is 12.6. The average molecular weight is 241 g/mol. The standard InChI is InChI=1S/C16H19NO/c1-12(2)16(18)15-8-9-17(11-15)10-14-6-4-13(3)5-7-14/h4-9,11-12H,10H2,1-3H3. The van der Waals surface area contributed by atoms with E-state index in [4.69, 9.17) is 0 Å². The molecule has 0 N–H and O–H groups in total. The molecule has 0 aliphatic carbocycles. The van der Waals surface area contributed by atoms with Gasteiger partial charge in [0.2, 0.25) is 0 Å². The van der Waals surface area contributed by atoms with E-state index in [1.807, 2.05) is 32.3 Å². The van der Waals surface area contributed by atoms with Crippen LogP contribution < -0.4 is 0 Å². The fraction of sp³-hybridized carbons (Fsp3) is 0.312. The minimum absolute atomic E-state index is 0.0558. The molecule has 0 unspecified atom stereocenters. The summed E-state index contributed by atoms with van der Waals surface area (Å²) in [5, 5.41) is 0. The monoisotopic (exact) mass is 241 g/mol. The van der Waals surface area contributed by atoms with Crippen LogP contribution in [0.5, 0.6) is 0 Å². The number of aryl methyl sites for hydroxylation is 1. The second-order valence-corrected chi connectivity index (χ2v) is 5.08. The van der Waals surface area contributed by atoms with Crippen molar-refractivity contribution in [3.05, 3.63) is 59.4 Å². The molecule has 0 atom stereocenters. The summed E-state index contributed by atoms with van der Waals surface area (Å²) >= 11 is 0. The molecule has 1 aromatic carbocycles. The summed E-state index contributed by atoms with van der Waals surface area (Å²) in [5.41, 5.74) is 3.32. The predicted molar refractivity (Wildman–Crippen MR) is 73.9 cm³/mol. The Balaban J connectivity index is 2.11. The highest BCUT2D eigenvalue weighted by Crippen LogP contribution is 2.11. The molecule has 18 heavy (non-hydrogen) atoms. The van der Waals surface area contributed by atoms with E-state index in [0.717, 1.165) is 12.1 Å². The van der Waals surface area contributed by atoms with Gasteiger partial charge < -0.3 is 4.57 Å². The summed E-state index contributed by atoms with van der Waals surface area (Å²) in [6, 6.07) is 10.4. The Hall–Kier alpha value is -1.83. The topological polar surface area (TPSA) is 22.0 Å². The fourth-order valence-electron chi connectivity index (χ4n) is 1.92. The first-order valence-corrected chi connectivity index (χ1v) is 6.32. The van der Waals surface area contributed by atoms with Gasteiger partial charge in [-0.15, -0.1) is 0 Å². The van der Waals surface area contributed by atoms with Crippen LogP contribution in [0, 0.1) is 12.8 Å². The van der Waals surface area contributed by atoms with Crippen molar-refractivity contribution in [1.82, 2.24) is 4.57 Å². The molecular formula is C16H19NO. The molecule has 0 bridgehead atoms. The van der Waals surface area contributed by atoms with Crippen LogP contribution in [0.15, 0.2) is 42.7 Å². The molecule has 2 rings (SSSR count). The summed E-state index contributed by atoms with van der Waals surface area (Å²) < 4.78 is 2.06. The molecule has 0 fully saturated rings. The number of rotatable bonds is 4. The normalized spacial score (nSPS) is 10.9. The van der Waals surface area contributed by atoms with E-state index in [-0.39, 0.29) is 11.7 Å². The lowest BCUT2D eigenvalue weighted by molar-refractivity contribution is 0.0939. The van der Waals surface area contributed by atoms with Crippen LogP contribution >= 0.6 is 0 Å². The van der Waals surface area contributed by atoms with Crippen LogP contribution in [0.1, 0.15) is 35.3 Å². The SMILES string of the molecule is Cc1ccc(Cn2ccc(C(=O)C(C)C)c2)cc1.